The van der Waals surface area contributed by atoms with Crippen LogP contribution < -0.4 is 11.1 Å². The minimum Gasteiger partial charge on any atom is -0.397 e. The van der Waals surface area contributed by atoms with E-state index in [1.165, 1.54) is 12.1 Å². The molecule has 3 N–H and O–H groups in total. The van der Waals surface area contributed by atoms with Crippen molar-refractivity contribution in [1.29, 1.82) is 0 Å². The molecule has 0 fully saturated rings. The maximum Gasteiger partial charge on any atom is 0.256 e. The van der Waals surface area contributed by atoms with Gasteiger partial charge in [0.25, 0.3) is 5.91 Å². The number of nitrogens with one attached hydrogen (secondary N) is 1. The van der Waals surface area contributed by atoms with Crippen LogP contribution in [0.15, 0.2) is 30.3 Å². The first kappa shape index (κ1) is 14.3. The van der Waals surface area contributed by atoms with E-state index in [0.717, 1.165) is 6.07 Å². The molecule has 0 aliphatic heterocycles. The highest BCUT2D eigenvalue weighted by atomic mass is 35.5. The van der Waals surface area contributed by atoms with Crippen LogP contribution >= 0.6 is 11.6 Å². The average Bonchev–Trinajstić information content (AvgIpc) is 2.41. The number of rotatable bonds is 2. The lowest BCUT2D eigenvalue weighted by molar-refractivity contribution is 0.102. The van der Waals surface area contributed by atoms with Gasteiger partial charge in [0, 0.05) is 10.6 Å². The molecule has 1 amide bonds. The van der Waals surface area contributed by atoms with Crippen LogP contribution in [0, 0.1) is 18.6 Å². The van der Waals surface area contributed by atoms with Crippen molar-refractivity contribution in [2.24, 2.45) is 0 Å². The summed E-state index contributed by atoms with van der Waals surface area (Å²) in [6, 6.07) is 6.80. The highest BCUT2D eigenvalue weighted by molar-refractivity contribution is 6.31. The van der Waals surface area contributed by atoms with Crippen molar-refractivity contribution in [3.8, 4) is 0 Å². The lowest BCUT2D eigenvalue weighted by atomic mass is 10.1. The first-order valence-corrected chi connectivity index (χ1v) is 6.09. The molecule has 0 saturated carbocycles. The van der Waals surface area contributed by atoms with E-state index in [9.17, 15) is 13.6 Å². The molecule has 2 rings (SSSR count). The first-order valence-electron chi connectivity index (χ1n) is 5.71. The monoisotopic (exact) mass is 296 g/mol. The lowest BCUT2D eigenvalue weighted by Crippen LogP contribution is -2.16. The Morgan fingerprint density at radius 3 is 2.65 bits per heavy atom. The summed E-state index contributed by atoms with van der Waals surface area (Å²) in [4.78, 5) is 12.1. The van der Waals surface area contributed by atoms with Crippen molar-refractivity contribution in [1.82, 2.24) is 0 Å². The van der Waals surface area contributed by atoms with Crippen molar-refractivity contribution >= 4 is 28.9 Å². The fourth-order valence-corrected chi connectivity index (χ4v) is 1.88. The van der Waals surface area contributed by atoms with Crippen LogP contribution in [-0.2, 0) is 0 Å². The van der Waals surface area contributed by atoms with E-state index in [4.69, 9.17) is 17.3 Å². The van der Waals surface area contributed by atoms with E-state index in [1.54, 1.807) is 19.1 Å². The van der Waals surface area contributed by atoms with Gasteiger partial charge in [-0.2, -0.15) is 0 Å². The minimum atomic E-state index is -1.20. The van der Waals surface area contributed by atoms with E-state index in [1.807, 2.05) is 0 Å². The normalized spacial score (nSPS) is 10.4. The summed E-state index contributed by atoms with van der Waals surface area (Å²) < 4.78 is 26.8. The van der Waals surface area contributed by atoms with Crippen LogP contribution in [0.25, 0.3) is 0 Å². The number of aryl methyl sites for hydroxylation is 1. The quantitative estimate of drug-likeness (QED) is 0.829. The van der Waals surface area contributed by atoms with Gasteiger partial charge < -0.3 is 11.1 Å². The third-order valence-electron chi connectivity index (χ3n) is 2.81. The Balaban J connectivity index is 2.38. The highest BCUT2D eigenvalue weighted by Gasteiger charge is 2.17. The summed E-state index contributed by atoms with van der Waals surface area (Å²) in [6.45, 7) is 1.70. The van der Waals surface area contributed by atoms with E-state index < -0.39 is 17.5 Å². The maximum atomic E-state index is 13.6. The highest BCUT2D eigenvalue weighted by Crippen LogP contribution is 2.26. The molecule has 0 heterocycles. The zero-order valence-electron chi connectivity index (χ0n) is 10.5. The topological polar surface area (TPSA) is 55.1 Å². The number of halogens is 3. The molecule has 0 unspecified atom stereocenters. The Bertz CT molecular complexity index is 689. The van der Waals surface area contributed by atoms with E-state index in [-0.39, 0.29) is 16.9 Å². The Hall–Kier alpha value is -2.14. The molecule has 2 aromatic rings. The molecule has 3 nitrogen and oxygen atoms in total. The van der Waals surface area contributed by atoms with Gasteiger partial charge in [0.2, 0.25) is 0 Å². The third kappa shape index (κ3) is 2.72. The minimum absolute atomic E-state index is 0.0584. The molecule has 0 aliphatic rings. The SMILES string of the molecule is Cc1ccc(Cl)cc1C(=O)Nc1c(N)ccc(F)c1F. The van der Waals surface area contributed by atoms with Crippen LogP contribution in [0.2, 0.25) is 5.02 Å². The van der Waals surface area contributed by atoms with Crippen LogP contribution in [0.1, 0.15) is 15.9 Å². The molecule has 0 spiro atoms. The Kier molecular flexibility index (Phi) is 3.90. The summed E-state index contributed by atoms with van der Waals surface area (Å²) in [5, 5.41) is 2.64. The summed E-state index contributed by atoms with van der Waals surface area (Å²) in [6.07, 6.45) is 0. The Morgan fingerprint density at radius 2 is 1.95 bits per heavy atom. The molecule has 2 aromatic carbocycles. The number of benzene rings is 2. The summed E-state index contributed by atoms with van der Waals surface area (Å²) in [5.74, 6) is -2.89. The van der Waals surface area contributed by atoms with E-state index in [2.05, 4.69) is 5.32 Å². The van der Waals surface area contributed by atoms with Crippen LogP contribution in [-0.4, -0.2) is 5.91 Å². The molecule has 6 heteroatoms. The van der Waals surface area contributed by atoms with Gasteiger partial charge in [-0.15, -0.1) is 0 Å². The number of anilines is 2. The van der Waals surface area contributed by atoms with Gasteiger partial charge >= 0.3 is 0 Å². The number of hydrogen-bond acceptors (Lipinski definition) is 2. The Labute approximate surface area is 119 Å². The van der Waals surface area contributed by atoms with Gasteiger partial charge in [-0.05, 0) is 36.8 Å². The van der Waals surface area contributed by atoms with Gasteiger partial charge in [0.05, 0.1) is 5.69 Å². The fourth-order valence-electron chi connectivity index (χ4n) is 1.71. The van der Waals surface area contributed by atoms with E-state index >= 15 is 0 Å². The van der Waals surface area contributed by atoms with Crippen LogP contribution in [0.4, 0.5) is 20.2 Å². The standard InChI is InChI=1S/C14H11ClF2N2O/c1-7-2-3-8(15)6-9(7)14(20)19-13-11(18)5-4-10(16)12(13)17/h2-6H,18H2,1H3,(H,19,20). The number of nitrogens with two attached hydrogens (primary N) is 1. The zero-order chi connectivity index (χ0) is 14.9. The second kappa shape index (κ2) is 5.46. The number of carbonyl (C=O) groups excluding carboxylic acids is 1. The summed E-state index contributed by atoms with van der Waals surface area (Å²) >= 11 is 5.81. The lowest BCUT2D eigenvalue weighted by Gasteiger charge is -2.11. The van der Waals surface area contributed by atoms with E-state index in [0.29, 0.717) is 10.6 Å². The molecule has 20 heavy (non-hydrogen) atoms. The molecule has 0 radical (unpaired) electrons. The molecular formula is C14H11ClF2N2O. The molecule has 0 bridgehead atoms. The van der Waals surface area contributed by atoms with Crippen molar-refractivity contribution < 1.29 is 13.6 Å². The fraction of sp³-hybridized carbons (Fsp3) is 0.0714. The largest absolute Gasteiger partial charge is 0.397 e. The predicted octanol–water partition coefficient (Wildman–Crippen LogP) is 3.76. The van der Waals surface area contributed by atoms with Gasteiger partial charge in [-0.25, -0.2) is 8.78 Å². The molecular weight excluding hydrogens is 286 g/mol. The van der Waals surface area contributed by atoms with Crippen molar-refractivity contribution in [2.45, 2.75) is 6.92 Å². The molecule has 0 aliphatic carbocycles. The molecule has 0 atom stereocenters. The number of hydrogen-bond donors (Lipinski definition) is 2. The summed E-state index contributed by atoms with van der Waals surface area (Å²) in [7, 11) is 0. The zero-order valence-corrected chi connectivity index (χ0v) is 11.3. The van der Waals surface area contributed by atoms with Gasteiger partial charge in [0.1, 0.15) is 5.69 Å². The number of nitrogen functional groups attached to an aromatic ring is 1. The molecule has 0 aromatic heterocycles. The van der Waals surface area contributed by atoms with Crippen LogP contribution in [0.3, 0.4) is 0 Å². The van der Waals surface area contributed by atoms with Crippen LogP contribution in [0.5, 0.6) is 0 Å². The Morgan fingerprint density at radius 1 is 1.25 bits per heavy atom. The second-order valence-electron chi connectivity index (χ2n) is 4.24. The van der Waals surface area contributed by atoms with Crippen molar-refractivity contribution in [3.63, 3.8) is 0 Å². The van der Waals surface area contributed by atoms with Crippen molar-refractivity contribution in [3.05, 3.63) is 58.1 Å². The summed E-state index contributed by atoms with van der Waals surface area (Å²) in [5.41, 5.74) is 6.02. The third-order valence-corrected chi connectivity index (χ3v) is 3.04. The molecule has 104 valence electrons. The number of carbonyl (C=O) groups is 1. The molecule has 0 saturated heterocycles. The van der Waals surface area contributed by atoms with Gasteiger partial charge in [-0.1, -0.05) is 17.7 Å². The maximum absolute atomic E-state index is 13.6. The smallest absolute Gasteiger partial charge is 0.256 e. The predicted molar refractivity (Wildman–Crippen MR) is 74.9 cm³/mol. The number of amides is 1. The average molecular weight is 297 g/mol. The van der Waals surface area contributed by atoms with Gasteiger partial charge in [-0.3, -0.25) is 4.79 Å². The van der Waals surface area contributed by atoms with Gasteiger partial charge in [0.15, 0.2) is 11.6 Å². The second-order valence-corrected chi connectivity index (χ2v) is 4.68. The van der Waals surface area contributed by atoms with Crippen molar-refractivity contribution in [2.75, 3.05) is 11.1 Å². The first-order chi connectivity index (χ1) is 9.40.